The van der Waals surface area contributed by atoms with Gasteiger partial charge in [0.25, 0.3) is 0 Å². The van der Waals surface area contributed by atoms with Crippen molar-refractivity contribution in [2.75, 3.05) is 32.6 Å². The molecule has 0 saturated carbocycles. The first-order valence-electron chi connectivity index (χ1n) is 8.14. The lowest BCUT2D eigenvalue weighted by Gasteiger charge is -2.26. The Balaban J connectivity index is 1.74. The highest BCUT2D eigenvalue weighted by Crippen LogP contribution is 2.31. The summed E-state index contributed by atoms with van der Waals surface area (Å²) < 4.78 is 13.5. The van der Waals surface area contributed by atoms with E-state index < -0.39 is 0 Å². The number of nitrogens with zero attached hydrogens (tertiary/aromatic N) is 2. The minimum atomic E-state index is 0.688. The molecule has 0 spiro atoms. The molecule has 1 unspecified atom stereocenters. The molecule has 2 aromatic rings. The molecule has 1 aliphatic rings. The molecule has 25 heavy (non-hydrogen) atoms. The Morgan fingerprint density at radius 1 is 1.36 bits per heavy atom. The summed E-state index contributed by atoms with van der Waals surface area (Å²) in [4.78, 5) is 1.43. The zero-order valence-electron chi connectivity index (χ0n) is 14.5. The lowest BCUT2D eigenvalue weighted by Crippen LogP contribution is -3.11. The van der Waals surface area contributed by atoms with Crippen LogP contribution in [-0.2, 0) is 19.6 Å². The Bertz CT molecular complexity index is 815. The number of hydrogen-bond donors (Lipinski definition) is 2. The third kappa shape index (κ3) is 4.02. The van der Waals surface area contributed by atoms with Crippen LogP contribution >= 0.6 is 23.6 Å². The van der Waals surface area contributed by atoms with E-state index in [0.29, 0.717) is 6.54 Å². The summed E-state index contributed by atoms with van der Waals surface area (Å²) in [5.74, 6) is 1.58. The van der Waals surface area contributed by atoms with Gasteiger partial charge in [-0.05, 0) is 29.9 Å². The summed E-state index contributed by atoms with van der Waals surface area (Å²) in [6, 6.07) is 4.18. The summed E-state index contributed by atoms with van der Waals surface area (Å²) in [5.41, 5.74) is 2.63. The predicted octanol–water partition coefficient (Wildman–Crippen LogP) is 1.89. The fourth-order valence-electron chi connectivity index (χ4n) is 3.01. The van der Waals surface area contributed by atoms with Crippen molar-refractivity contribution in [3.8, 4) is 11.5 Å². The second-order valence-electron chi connectivity index (χ2n) is 5.90. The summed E-state index contributed by atoms with van der Waals surface area (Å²) >= 11 is 6.94. The average Bonchev–Trinajstić information content (AvgIpc) is 2.98. The minimum absolute atomic E-state index is 0.688. The van der Waals surface area contributed by atoms with E-state index in [4.69, 9.17) is 21.7 Å². The predicted molar refractivity (Wildman–Crippen MR) is 102 cm³/mol. The van der Waals surface area contributed by atoms with Gasteiger partial charge in [0.1, 0.15) is 6.54 Å². The molecule has 134 valence electrons. The number of hydrogen-bond acceptors (Lipinski definition) is 6. The largest absolute Gasteiger partial charge is 0.493 e. The van der Waals surface area contributed by atoms with Crippen molar-refractivity contribution in [1.29, 1.82) is 0 Å². The number of methoxy groups -OCH3 is 2. The van der Waals surface area contributed by atoms with E-state index in [1.54, 1.807) is 14.2 Å². The third-order valence-electron chi connectivity index (χ3n) is 4.27. The molecule has 2 heterocycles. The maximum Gasteiger partial charge on any atom is 0.205 e. The van der Waals surface area contributed by atoms with Crippen molar-refractivity contribution in [2.24, 2.45) is 0 Å². The van der Waals surface area contributed by atoms with Crippen LogP contribution in [0.4, 0.5) is 5.13 Å². The van der Waals surface area contributed by atoms with Crippen molar-refractivity contribution in [3.63, 3.8) is 0 Å². The zero-order chi connectivity index (χ0) is 17.8. The van der Waals surface area contributed by atoms with Gasteiger partial charge in [-0.2, -0.15) is 4.68 Å². The monoisotopic (exact) mass is 379 g/mol. The second kappa shape index (κ2) is 7.99. The van der Waals surface area contributed by atoms with Crippen LogP contribution in [-0.4, -0.2) is 37.1 Å². The van der Waals surface area contributed by atoms with Crippen LogP contribution in [0.5, 0.6) is 11.5 Å². The number of aromatic nitrogens is 2. The Kier molecular flexibility index (Phi) is 5.72. The van der Waals surface area contributed by atoms with E-state index in [1.807, 2.05) is 10.8 Å². The normalized spacial score (nSPS) is 16.2. The number of rotatable bonds is 7. The maximum atomic E-state index is 5.45. The fraction of sp³-hybridized carbons (Fsp3) is 0.412. The summed E-state index contributed by atoms with van der Waals surface area (Å²) in [6.07, 6.45) is 2.81. The molecule has 3 rings (SSSR count). The fourth-order valence-corrected chi connectivity index (χ4v) is 4.03. The summed E-state index contributed by atoms with van der Waals surface area (Å²) in [5, 5.41) is 8.60. The molecular weight excluding hydrogens is 356 g/mol. The van der Waals surface area contributed by atoms with Gasteiger partial charge in [0.15, 0.2) is 22.1 Å². The molecule has 1 aromatic carbocycles. The van der Waals surface area contributed by atoms with Gasteiger partial charge in [0.05, 0.1) is 20.8 Å². The van der Waals surface area contributed by atoms with Crippen LogP contribution in [0.2, 0.25) is 0 Å². The van der Waals surface area contributed by atoms with Gasteiger partial charge in [-0.1, -0.05) is 17.4 Å². The molecule has 0 radical (unpaired) electrons. The van der Waals surface area contributed by atoms with E-state index in [9.17, 15) is 0 Å². The molecule has 6 nitrogen and oxygen atoms in total. The summed E-state index contributed by atoms with van der Waals surface area (Å²) in [7, 11) is 3.34. The number of quaternary nitrogens is 1. The average molecular weight is 380 g/mol. The van der Waals surface area contributed by atoms with Crippen molar-refractivity contribution in [1.82, 2.24) is 9.78 Å². The van der Waals surface area contributed by atoms with Gasteiger partial charge in [0, 0.05) is 18.5 Å². The molecule has 0 bridgehead atoms. The Labute approximate surface area is 156 Å². The Morgan fingerprint density at radius 2 is 2.08 bits per heavy atom. The van der Waals surface area contributed by atoms with Gasteiger partial charge >= 0.3 is 0 Å². The van der Waals surface area contributed by atoms with Crippen LogP contribution < -0.4 is 19.7 Å². The summed E-state index contributed by atoms with van der Waals surface area (Å²) in [6.45, 7) is 7.12. The van der Waals surface area contributed by atoms with Crippen molar-refractivity contribution >= 4 is 28.7 Å². The number of nitrogens with one attached hydrogen (secondary N) is 2. The molecule has 0 aliphatic carbocycles. The molecule has 1 aliphatic heterocycles. The molecule has 2 N–H and O–H groups in total. The van der Waals surface area contributed by atoms with E-state index in [-0.39, 0.29) is 0 Å². The van der Waals surface area contributed by atoms with Crippen LogP contribution in [0.15, 0.2) is 24.8 Å². The maximum absolute atomic E-state index is 5.45. The minimum Gasteiger partial charge on any atom is -0.493 e. The quantitative estimate of drug-likeness (QED) is 0.568. The molecular formula is C17H23N4O2S2+. The van der Waals surface area contributed by atoms with Crippen molar-refractivity contribution in [3.05, 3.63) is 39.9 Å². The topological polar surface area (TPSA) is 52.8 Å². The first kappa shape index (κ1) is 17.9. The van der Waals surface area contributed by atoms with E-state index >= 15 is 0 Å². The van der Waals surface area contributed by atoms with Crippen LogP contribution in [0.1, 0.15) is 11.1 Å². The first-order valence-corrected chi connectivity index (χ1v) is 9.37. The van der Waals surface area contributed by atoms with E-state index in [1.165, 1.54) is 27.4 Å². The molecule has 0 fully saturated rings. The van der Waals surface area contributed by atoms with E-state index in [2.05, 4.69) is 29.1 Å². The highest BCUT2D eigenvalue weighted by molar-refractivity contribution is 7.73. The molecule has 1 atom stereocenters. The van der Waals surface area contributed by atoms with Crippen LogP contribution in [0.25, 0.3) is 0 Å². The lowest BCUT2D eigenvalue weighted by molar-refractivity contribution is -0.938. The standard InChI is InChI=1S/C17H22N4O2S2/c1-4-6-18-16-19-21(17(24)25-16)11-20-7-5-12-8-14(22-2)15(23-3)9-13(12)10-20/h4,8-9H,1,5-7,10-11H2,2-3H3,(H,18,19)/p+1. The molecule has 0 amide bonds. The van der Waals surface area contributed by atoms with Gasteiger partial charge < -0.3 is 19.7 Å². The van der Waals surface area contributed by atoms with Crippen molar-refractivity contribution in [2.45, 2.75) is 19.6 Å². The Morgan fingerprint density at radius 3 is 2.76 bits per heavy atom. The Hall–Kier alpha value is -1.90. The lowest BCUT2D eigenvalue weighted by atomic mass is 9.99. The second-order valence-corrected chi connectivity index (χ2v) is 7.53. The van der Waals surface area contributed by atoms with Crippen molar-refractivity contribution < 1.29 is 14.4 Å². The number of fused-ring (bicyclic) bond motifs is 1. The number of anilines is 1. The smallest absolute Gasteiger partial charge is 0.205 e. The third-order valence-corrected chi connectivity index (χ3v) is 5.54. The van der Waals surface area contributed by atoms with E-state index in [0.717, 1.165) is 46.8 Å². The van der Waals surface area contributed by atoms with Gasteiger partial charge in [-0.15, -0.1) is 11.7 Å². The highest BCUT2D eigenvalue weighted by Gasteiger charge is 2.23. The zero-order valence-corrected chi connectivity index (χ0v) is 16.1. The number of ether oxygens (including phenoxy) is 2. The van der Waals surface area contributed by atoms with Crippen LogP contribution in [0.3, 0.4) is 0 Å². The first-order chi connectivity index (χ1) is 12.1. The SMILES string of the molecule is C=CCNc1nn(C[NH+]2CCc3cc(OC)c(OC)cc3C2)c(=S)s1. The van der Waals surface area contributed by atoms with Crippen LogP contribution in [0, 0.1) is 3.95 Å². The molecule has 0 saturated heterocycles. The number of benzene rings is 1. The van der Waals surface area contributed by atoms with Gasteiger partial charge in [-0.3, -0.25) is 0 Å². The molecule has 8 heteroatoms. The van der Waals surface area contributed by atoms with Gasteiger partial charge in [-0.25, -0.2) is 0 Å². The van der Waals surface area contributed by atoms with Gasteiger partial charge in [0.2, 0.25) is 5.13 Å². The molecule has 1 aromatic heterocycles. The highest BCUT2D eigenvalue weighted by atomic mass is 32.1.